The number of nitrogens with zero attached hydrogens (tertiary/aromatic N) is 3. The van der Waals surface area contributed by atoms with E-state index in [0.29, 0.717) is 6.04 Å². The molecule has 7 nitrogen and oxygen atoms in total. The number of hydrogen-bond acceptors (Lipinski definition) is 4. The minimum atomic E-state index is -0.189. The first-order chi connectivity index (χ1) is 18.1. The molecule has 1 unspecified atom stereocenters. The fraction of sp³-hybridized carbons (Fsp3) is 0.600. The number of aliphatic imine (C=N–C) groups is 1. The molecular formula is C30H45N7. The third-order valence-electron chi connectivity index (χ3n) is 8.53. The van der Waals surface area contributed by atoms with Crippen LogP contribution in [0.4, 0.5) is 0 Å². The molecule has 1 fully saturated rings. The second-order valence-electron chi connectivity index (χ2n) is 11.2. The Balaban J connectivity index is 1.13. The average molecular weight is 504 g/mol. The number of likely N-dealkylation sites (N-methyl/N-ethyl adjacent to an activating group) is 1. The second kappa shape index (κ2) is 11.8. The van der Waals surface area contributed by atoms with Crippen LogP contribution in [0.25, 0.3) is 5.69 Å². The summed E-state index contributed by atoms with van der Waals surface area (Å²) in [6.45, 7) is 6.44. The Kier molecular flexibility index (Phi) is 8.30. The van der Waals surface area contributed by atoms with E-state index in [-0.39, 0.29) is 5.66 Å². The maximum absolute atomic E-state index is 5.14. The van der Waals surface area contributed by atoms with E-state index in [9.17, 15) is 0 Å². The minimum absolute atomic E-state index is 0.189. The van der Waals surface area contributed by atoms with E-state index >= 15 is 0 Å². The number of guanidine groups is 1. The average Bonchev–Trinajstić information content (AvgIpc) is 3.33. The van der Waals surface area contributed by atoms with Crippen molar-refractivity contribution < 1.29 is 0 Å². The zero-order valence-corrected chi connectivity index (χ0v) is 22.9. The van der Waals surface area contributed by atoms with Gasteiger partial charge in [-0.2, -0.15) is 5.10 Å². The molecule has 3 aliphatic rings. The normalized spacial score (nSPS) is 27.1. The first kappa shape index (κ1) is 26.0. The SMILES string of the molecule is CCCc1c(CNCC2CCC(N=C3NC4=C(CCCC4)C(C)(NC)N3)CC2)cnn1-c1ccccc1. The van der Waals surface area contributed by atoms with Gasteiger partial charge in [0.05, 0.1) is 17.9 Å². The summed E-state index contributed by atoms with van der Waals surface area (Å²) in [5.41, 5.74) is 6.47. The molecule has 0 radical (unpaired) electrons. The van der Waals surface area contributed by atoms with Gasteiger partial charge in [0.2, 0.25) is 0 Å². The fourth-order valence-corrected chi connectivity index (χ4v) is 6.28. The summed E-state index contributed by atoms with van der Waals surface area (Å²) in [6.07, 6.45) is 13.8. The summed E-state index contributed by atoms with van der Waals surface area (Å²) in [5, 5.41) is 19.3. The zero-order chi connectivity index (χ0) is 25.7. The van der Waals surface area contributed by atoms with Crippen LogP contribution >= 0.6 is 0 Å². The molecule has 4 N–H and O–H groups in total. The standard InChI is InChI=1S/C30H45N7/c1-4-10-28-23(21-33-37(28)25-11-6-5-7-12-25)20-32-19-22-15-17-24(18-16-22)34-29-35-27-14-9-8-13-26(27)30(2,31-3)36-29/h5-7,11-12,21-22,24,31-32H,4,8-10,13-20H2,1-3H3,(H2,34,35,36). The van der Waals surface area contributed by atoms with Gasteiger partial charge in [-0.25, -0.2) is 9.67 Å². The Morgan fingerprint density at radius 1 is 1.11 bits per heavy atom. The third kappa shape index (κ3) is 5.93. The van der Waals surface area contributed by atoms with Gasteiger partial charge in [0.25, 0.3) is 0 Å². The van der Waals surface area contributed by atoms with Gasteiger partial charge in [-0.15, -0.1) is 0 Å². The van der Waals surface area contributed by atoms with Gasteiger partial charge in [0.15, 0.2) is 5.96 Å². The van der Waals surface area contributed by atoms with Crippen LogP contribution in [0.15, 0.2) is 52.8 Å². The minimum Gasteiger partial charge on any atom is -0.335 e. The molecule has 1 aliphatic heterocycles. The third-order valence-corrected chi connectivity index (χ3v) is 8.53. The largest absolute Gasteiger partial charge is 0.335 e. The van der Waals surface area contributed by atoms with Gasteiger partial charge in [-0.05, 0) is 102 Å². The predicted molar refractivity (Wildman–Crippen MR) is 152 cm³/mol. The smallest absolute Gasteiger partial charge is 0.197 e. The molecule has 5 rings (SSSR count). The van der Waals surface area contributed by atoms with E-state index in [4.69, 9.17) is 10.1 Å². The molecule has 0 amide bonds. The molecular weight excluding hydrogens is 458 g/mol. The van der Waals surface area contributed by atoms with Gasteiger partial charge < -0.3 is 16.0 Å². The fourth-order valence-electron chi connectivity index (χ4n) is 6.28. The van der Waals surface area contributed by atoms with Crippen molar-refractivity contribution in [2.45, 2.75) is 96.3 Å². The molecule has 37 heavy (non-hydrogen) atoms. The highest BCUT2D eigenvalue weighted by atomic mass is 15.3. The maximum atomic E-state index is 5.14. The molecule has 2 aliphatic carbocycles. The highest BCUT2D eigenvalue weighted by Gasteiger charge is 2.36. The lowest BCUT2D eigenvalue weighted by atomic mass is 9.85. The monoisotopic (exact) mass is 503 g/mol. The highest BCUT2D eigenvalue weighted by Crippen LogP contribution is 2.33. The van der Waals surface area contributed by atoms with Crippen molar-refractivity contribution in [1.29, 1.82) is 0 Å². The molecule has 0 spiro atoms. The van der Waals surface area contributed by atoms with Gasteiger partial charge in [-0.1, -0.05) is 31.5 Å². The van der Waals surface area contributed by atoms with Gasteiger partial charge in [-0.3, -0.25) is 5.32 Å². The number of aromatic nitrogens is 2. The highest BCUT2D eigenvalue weighted by molar-refractivity contribution is 5.84. The Hall–Kier alpha value is -2.64. The van der Waals surface area contributed by atoms with E-state index in [1.165, 1.54) is 48.2 Å². The van der Waals surface area contributed by atoms with Crippen LogP contribution in [-0.2, 0) is 13.0 Å². The van der Waals surface area contributed by atoms with E-state index in [2.05, 4.69) is 70.1 Å². The van der Waals surface area contributed by atoms with Crippen LogP contribution in [0.5, 0.6) is 0 Å². The van der Waals surface area contributed by atoms with E-state index in [1.807, 2.05) is 13.2 Å². The van der Waals surface area contributed by atoms with Crippen LogP contribution in [-0.4, -0.2) is 41.0 Å². The lowest BCUT2D eigenvalue weighted by Crippen LogP contribution is -2.64. The molecule has 1 aromatic carbocycles. The van der Waals surface area contributed by atoms with E-state index < -0.39 is 0 Å². The summed E-state index contributed by atoms with van der Waals surface area (Å²) in [5.74, 6) is 1.68. The number of allylic oxidation sites excluding steroid dienone is 1. The molecule has 200 valence electrons. The van der Waals surface area contributed by atoms with Gasteiger partial charge >= 0.3 is 0 Å². The Morgan fingerprint density at radius 3 is 2.65 bits per heavy atom. The number of benzene rings is 1. The molecule has 1 saturated carbocycles. The van der Waals surface area contributed by atoms with E-state index in [1.54, 1.807) is 0 Å². The molecule has 1 aromatic heterocycles. The van der Waals surface area contributed by atoms with Crippen LogP contribution in [0.2, 0.25) is 0 Å². The van der Waals surface area contributed by atoms with Gasteiger partial charge in [0.1, 0.15) is 5.66 Å². The first-order valence-corrected chi connectivity index (χ1v) is 14.5. The second-order valence-corrected chi connectivity index (χ2v) is 11.2. The molecule has 2 heterocycles. The van der Waals surface area contributed by atoms with Crippen molar-refractivity contribution in [3.8, 4) is 5.69 Å². The summed E-state index contributed by atoms with van der Waals surface area (Å²) < 4.78 is 2.11. The number of hydrogen-bond donors (Lipinski definition) is 4. The predicted octanol–water partition coefficient (Wildman–Crippen LogP) is 4.79. The van der Waals surface area contributed by atoms with Crippen LogP contribution in [0, 0.1) is 5.92 Å². The number of para-hydroxylation sites is 1. The van der Waals surface area contributed by atoms with Gasteiger partial charge in [0, 0.05) is 23.5 Å². The molecule has 0 bridgehead atoms. The quantitative estimate of drug-likeness (QED) is 0.396. The van der Waals surface area contributed by atoms with Crippen molar-refractivity contribution in [3.63, 3.8) is 0 Å². The van der Waals surface area contributed by atoms with Crippen LogP contribution in [0.1, 0.15) is 82.9 Å². The van der Waals surface area contributed by atoms with Crippen molar-refractivity contribution in [3.05, 3.63) is 59.1 Å². The number of rotatable bonds is 9. The Morgan fingerprint density at radius 2 is 1.89 bits per heavy atom. The first-order valence-electron chi connectivity index (χ1n) is 14.5. The summed E-state index contributed by atoms with van der Waals surface area (Å²) in [6, 6.07) is 10.9. The molecule has 1 atom stereocenters. The Labute approximate surface area is 222 Å². The van der Waals surface area contributed by atoms with Crippen molar-refractivity contribution in [2.24, 2.45) is 10.9 Å². The topological polar surface area (TPSA) is 78.3 Å². The lowest BCUT2D eigenvalue weighted by Gasteiger charge is -2.43. The van der Waals surface area contributed by atoms with Crippen molar-refractivity contribution in [2.75, 3.05) is 13.6 Å². The van der Waals surface area contributed by atoms with Crippen molar-refractivity contribution >= 4 is 5.96 Å². The zero-order valence-electron chi connectivity index (χ0n) is 22.9. The molecule has 2 aromatic rings. The Bertz CT molecular complexity index is 1090. The van der Waals surface area contributed by atoms with Crippen molar-refractivity contribution in [1.82, 2.24) is 31.0 Å². The maximum Gasteiger partial charge on any atom is 0.197 e. The number of nitrogens with one attached hydrogen (secondary N) is 4. The summed E-state index contributed by atoms with van der Waals surface area (Å²) in [7, 11) is 2.05. The summed E-state index contributed by atoms with van der Waals surface area (Å²) >= 11 is 0. The van der Waals surface area contributed by atoms with Crippen LogP contribution in [0.3, 0.4) is 0 Å². The molecule has 0 saturated heterocycles. The molecule has 7 heteroatoms. The van der Waals surface area contributed by atoms with E-state index in [0.717, 1.165) is 69.2 Å². The lowest BCUT2D eigenvalue weighted by molar-refractivity contribution is 0.312. The summed E-state index contributed by atoms with van der Waals surface area (Å²) in [4.78, 5) is 5.14. The van der Waals surface area contributed by atoms with Crippen LogP contribution < -0.4 is 21.3 Å².